The number of pyridine rings is 1. The van der Waals surface area contributed by atoms with Crippen molar-refractivity contribution in [3.05, 3.63) is 30.1 Å². The number of hydrogen-bond donors (Lipinski definition) is 3. The van der Waals surface area contributed by atoms with Crippen LogP contribution in [0.5, 0.6) is 0 Å². The van der Waals surface area contributed by atoms with Crippen molar-refractivity contribution in [2.45, 2.75) is 19.3 Å². The number of carboxylic acid groups (broad SMARTS) is 2. The molecule has 1 aromatic rings. The van der Waals surface area contributed by atoms with E-state index >= 15 is 0 Å². The summed E-state index contributed by atoms with van der Waals surface area (Å²) in [5.41, 5.74) is 3.50. The van der Waals surface area contributed by atoms with Crippen LogP contribution in [0.1, 0.15) is 29.6 Å². The van der Waals surface area contributed by atoms with E-state index in [1.54, 1.807) is 24.5 Å². The topological polar surface area (TPSA) is 120 Å². The first-order valence-corrected chi connectivity index (χ1v) is 6.43. The second-order valence-electron chi connectivity index (χ2n) is 4.34. The van der Waals surface area contributed by atoms with Crippen LogP contribution < -0.4 is 5.43 Å². The molecule has 1 aliphatic heterocycles. The molecule has 1 aromatic heterocycles. The summed E-state index contributed by atoms with van der Waals surface area (Å²) in [6, 6.07) is 3.54. The Labute approximate surface area is 121 Å². The summed E-state index contributed by atoms with van der Waals surface area (Å²) in [5.74, 6) is -3.71. The van der Waals surface area contributed by atoms with E-state index in [0.29, 0.717) is 5.56 Å². The van der Waals surface area contributed by atoms with Gasteiger partial charge in [-0.15, -0.1) is 0 Å². The highest BCUT2D eigenvalue weighted by atomic mass is 16.4. The van der Waals surface area contributed by atoms with Crippen LogP contribution in [0.3, 0.4) is 0 Å². The largest absolute Gasteiger partial charge is 0.473 e. The molecule has 8 heteroatoms. The van der Waals surface area contributed by atoms with Crippen LogP contribution in [-0.2, 0) is 9.59 Å². The first kappa shape index (κ1) is 16.6. The monoisotopic (exact) mass is 295 g/mol. The van der Waals surface area contributed by atoms with Crippen LogP contribution in [0, 0.1) is 0 Å². The Morgan fingerprint density at radius 1 is 1.10 bits per heavy atom. The van der Waals surface area contributed by atoms with Gasteiger partial charge in [0.1, 0.15) is 0 Å². The fourth-order valence-corrected chi connectivity index (χ4v) is 1.71. The molecule has 2 heterocycles. The molecule has 0 aromatic carbocycles. The first-order valence-electron chi connectivity index (χ1n) is 6.43. The van der Waals surface area contributed by atoms with Gasteiger partial charge in [-0.1, -0.05) is 6.42 Å². The molecule has 0 spiro atoms. The Kier molecular flexibility index (Phi) is 6.82. The molecule has 0 aliphatic carbocycles. The molecule has 0 radical (unpaired) electrons. The van der Waals surface area contributed by atoms with E-state index in [-0.39, 0.29) is 5.91 Å². The van der Waals surface area contributed by atoms with E-state index < -0.39 is 11.9 Å². The molecule has 21 heavy (non-hydrogen) atoms. The van der Waals surface area contributed by atoms with Gasteiger partial charge in [0.2, 0.25) is 0 Å². The van der Waals surface area contributed by atoms with Crippen molar-refractivity contribution in [1.82, 2.24) is 15.4 Å². The Bertz CT molecular complexity index is 474. The molecule has 1 saturated heterocycles. The molecule has 0 unspecified atom stereocenters. The molecule has 3 N–H and O–H groups in total. The molecule has 1 amide bonds. The molecule has 1 aliphatic rings. The number of nitrogens with one attached hydrogen (secondary N) is 1. The lowest BCUT2D eigenvalue weighted by Gasteiger charge is -2.26. The van der Waals surface area contributed by atoms with Crippen molar-refractivity contribution < 1.29 is 24.6 Å². The van der Waals surface area contributed by atoms with Crippen LogP contribution >= 0.6 is 0 Å². The third-order valence-corrected chi connectivity index (χ3v) is 2.72. The number of amides is 1. The number of aliphatic carboxylic acids is 2. The Morgan fingerprint density at radius 3 is 2.19 bits per heavy atom. The molecule has 8 nitrogen and oxygen atoms in total. The summed E-state index contributed by atoms with van der Waals surface area (Å²) >= 11 is 0. The van der Waals surface area contributed by atoms with Gasteiger partial charge in [0.25, 0.3) is 5.91 Å². The van der Waals surface area contributed by atoms with Crippen LogP contribution in [0.15, 0.2) is 24.5 Å². The van der Waals surface area contributed by atoms with Gasteiger partial charge in [0.15, 0.2) is 0 Å². The number of carboxylic acids is 2. The van der Waals surface area contributed by atoms with E-state index in [0.717, 1.165) is 25.9 Å². The summed E-state index contributed by atoms with van der Waals surface area (Å²) < 4.78 is 0. The maximum absolute atomic E-state index is 11.7. The second kappa shape index (κ2) is 8.64. The molecule has 0 saturated carbocycles. The zero-order valence-corrected chi connectivity index (χ0v) is 11.4. The summed E-state index contributed by atoms with van der Waals surface area (Å²) in [6.07, 6.45) is 6.83. The summed E-state index contributed by atoms with van der Waals surface area (Å²) in [6.45, 7) is 1.90. The fourth-order valence-electron chi connectivity index (χ4n) is 1.71. The zero-order valence-electron chi connectivity index (χ0n) is 11.4. The Hall–Kier alpha value is -2.48. The number of aromatic nitrogens is 1. The highest BCUT2D eigenvalue weighted by molar-refractivity contribution is 6.27. The van der Waals surface area contributed by atoms with Gasteiger partial charge in [-0.25, -0.2) is 14.6 Å². The van der Waals surface area contributed by atoms with Crippen molar-refractivity contribution in [3.63, 3.8) is 0 Å². The number of hydrazine groups is 1. The van der Waals surface area contributed by atoms with Gasteiger partial charge in [0, 0.05) is 25.5 Å². The maximum Gasteiger partial charge on any atom is 0.414 e. The minimum atomic E-state index is -1.82. The zero-order chi connectivity index (χ0) is 15.7. The fraction of sp³-hybridized carbons (Fsp3) is 0.385. The number of piperidine rings is 1. The minimum absolute atomic E-state index is 0.0648. The number of hydrogen-bond acceptors (Lipinski definition) is 5. The molecule has 114 valence electrons. The van der Waals surface area contributed by atoms with E-state index in [2.05, 4.69) is 10.4 Å². The normalized spacial score (nSPS) is 14.5. The summed E-state index contributed by atoms with van der Waals surface area (Å²) in [4.78, 5) is 33.8. The lowest BCUT2D eigenvalue weighted by molar-refractivity contribution is -0.159. The molecule has 2 rings (SSSR count). The SMILES string of the molecule is O=C(NN1CCCCC1)c1cccnc1.O=C(O)C(=O)O. The lowest BCUT2D eigenvalue weighted by atomic mass is 10.2. The third-order valence-electron chi connectivity index (χ3n) is 2.72. The lowest BCUT2D eigenvalue weighted by Crippen LogP contribution is -2.45. The van der Waals surface area contributed by atoms with Gasteiger partial charge < -0.3 is 10.2 Å². The van der Waals surface area contributed by atoms with Crippen molar-refractivity contribution in [2.24, 2.45) is 0 Å². The quantitative estimate of drug-likeness (QED) is 0.674. The average molecular weight is 295 g/mol. The Morgan fingerprint density at radius 2 is 1.71 bits per heavy atom. The second-order valence-corrected chi connectivity index (χ2v) is 4.34. The molecular formula is C13H17N3O5. The van der Waals surface area contributed by atoms with E-state index in [9.17, 15) is 4.79 Å². The highest BCUT2D eigenvalue weighted by Gasteiger charge is 2.13. The number of nitrogens with zero attached hydrogens (tertiary/aromatic N) is 2. The predicted molar refractivity (Wildman–Crippen MR) is 72.4 cm³/mol. The van der Waals surface area contributed by atoms with Gasteiger partial charge in [-0.05, 0) is 25.0 Å². The van der Waals surface area contributed by atoms with Crippen molar-refractivity contribution >= 4 is 17.8 Å². The molecule has 0 atom stereocenters. The first-order chi connectivity index (χ1) is 10.0. The summed E-state index contributed by atoms with van der Waals surface area (Å²) in [7, 11) is 0. The van der Waals surface area contributed by atoms with E-state index in [4.69, 9.17) is 19.8 Å². The molecule has 1 fully saturated rings. The van der Waals surface area contributed by atoms with Gasteiger partial charge in [-0.2, -0.15) is 0 Å². The smallest absolute Gasteiger partial charge is 0.414 e. The van der Waals surface area contributed by atoms with Gasteiger partial charge in [0.05, 0.1) is 5.56 Å². The van der Waals surface area contributed by atoms with Crippen LogP contribution in [0.25, 0.3) is 0 Å². The minimum Gasteiger partial charge on any atom is -0.473 e. The molecule has 0 bridgehead atoms. The van der Waals surface area contributed by atoms with Gasteiger partial charge in [-0.3, -0.25) is 15.2 Å². The number of carbonyl (C=O) groups excluding carboxylic acids is 1. The third kappa shape index (κ3) is 6.48. The van der Waals surface area contributed by atoms with Crippen LogP contribution in [0.4, 0.5) is 0 Å². The Balaban J connectivity index is 0.000000315. The molecular weight excluding hydrogens is 278 g/mol. The highest BCUT2D eigenvalue weighted by Crippen LogP contribution is 2.06. The van der Waals surface area contributed by atoms with Gasteiger partial charge >= 0.3 is 11.9 Å². The van der Waals surface area contributed by atoms with Crippen molar-refractivity contribution in [2.75, 3.05) is 13.1 Å². The van der Waals surface area contributed by atoms with Crippen LogP contribution in [0.2, 0.25) is 0 Å². The van der Waals surface area contributed by atoms with E-state index in [1.165, 1.54) is 6.42 Å². The van der Waals surface area contributed by atoms with Crippen LogP contribution in [-0.4, -0.2) is 51.1 Å². The summed E-state index contributed by atoms with van der Waals surface area (Å²) in [5, 5.41) is 16.8. The van der Waals surface area contributed by atoms with Crippen molar-refractivity contribution in [3.8, 4) is 0 Å². The maximum atomic E-state index is 11.7. The number of rotatable bonds is 2. The number of carbonyl (C=O) groups is 3. The predicted octanol–water partition coefficient (Wildman–Crippen LogP) is 0.368. The average Bonchev–Trinajstić information content (AvgIpc) is 2.49. The van der Waals surface area contributed by atoms with Crippen molar-refractivity contribution in [1.29, 1.82) is 0 Å². The van der Waals surface area contributed by atoms with E-state index in [1.807, 2.05) is 5.01 Å². The standard InChI is InChI=1S/C11H15N3O.C2H2O4/c15-11(10-5-4-6-12-9-10)13-14-7-2-1-3-8-14;3-1(4)2(5)6/h4-6,9H,1-3,7-8H2,(H,13,15);(H,3,4)(H,5,6).